The molecule has 0 aliphatic rings. The van der Waals surface area contributed by atoms with Crippen molar-refractivity contribution in [2.45, 2.75) is 36.8 Å². The van der Waals surface area contributed by atoms with E-state index in [1.54, 1.807) is 13.8 Å². The van der Waals surface area contributed by atoms with Crippen LogP contribution in [0.5, 0.6) is 0 Å². The summed E-state index contributed by atoms with van der Waals surface area (Å²) in [7, 11) is -3.57. The van der Waals surface area contributed by atoms with Crippen LogP contribution in [0.3, 0.4) is 0 Å². The van der Waals surface area contributed by atoms with Gasteiger partial charge in [-0.2, -0.15) is 0 Å². The number of amides is 1. The van der Waals surface area contributed by atoms with Gasteiger partial charge in [0.15, 0.2) is 9.84 Å². The molecule has 0 saturated carbocycles. The second-order valence-electron chi connectivity index (χ2n) is 6.22. The van der Waals surface area contributed by atoms with Gasteiger partial charge >= 0.3 is 0 Å². The molecule has 0 aliphatic carbocycles. The molecule has 2 rings (SSSR count). The fourth-order valence-electron chi connectivity index (χ4n) is 2.41. The first-order valence-corrected chi connectivity index (χ1v) is 10.6. The van der Waals surface area contributed by atoms with E-state index in [1.807, 2.05) is 24.3 Å². The van der Waals surface area contributed by atoms with Crippen molar-refractivity contribution in [3.63, 3.8) is 0 Å². The minimum atomic E-state index is -3.57. The third kappa shape index (κ3) is 5.14. The van der Waals surface area contributed by atoms with Gasteiger partial charge in [0.05, 0.1) is 15.7 Å². The van der Waals surface area contributed by atoms with E-state index in [9.17, 15) is 17.6 Å². The van der Waals surface area contributed by atoms with Crippen LogP contribution in [0.1, 0.15) is 36.2 Å². The number of nitrogens with one attached hydrogen (secondary N) is 1. The maximum atomic E-state index is 14.0. The van der Waals surface area contributed by atoms with Crippen LogP contribution in [0.15, 0.2) is 51.8 Å². The van der Waals surface area contributed by atoms with Crippen molar-refractivity contribution in [2.75, 3.05) is 6.54 Å². The van der Waals surface area contributed by atoms with Crippen LogP contribution in [0, 0.1) is 5.82 Å². The van der Waals surface area contributed by atoms with Crippen LogP contribution >= 0.6 is 15.9 Å². The van der Waals surface area contributed by atoms with Crippen molar-refractivity contribution < 1.29 is 17.6 Å². The third-order valence-electron chi connectivity index (χ3n) is 3.95. The van der Waals surface area contributed by atoms with Gasteiger partial charge in [0.25, 0.3) is 5.91 Å². The van der Waals surface area contributed by atoms with Gasteiger partial charge in [0.1, 0.15) is 5.82 Å². The van der Waals surface area contributed by atoms with Crippen molar-refractivity contribution in [3.8, 4) is 0 Å². The highest BCUT2D eigenvalue weighted by Gasteiger charge is 2.22. The molecule has 2 aromatic carbocycles. The summed E-state index contributed by atoms with van der Waals surface area (Å²) in [6, 6.07) is 11.2. The summed E-state index contributed by atoms with van der Waals surface area (Å²) in [5, 5.41) is 2.00. The van der Waals surface area contributed by atoms with Crippen LogP contribution in [0.2, 0.25) is 0 Å². The zero-order valence-corrected chi connectivity index (χ0v) is 17.0. The number of benzene rings is 2. The molecular weight excluding hydrogens is 421 g/mol. The van der Waals surface area contributed by atoms with E-state index in [0.717, 1.165) is 28.6 Å². The summed E-state index contributed by atoms with van der Waals surface area (Å²) in [6.07, 6.45) is 1.46. The number of hydrogen-bond acceptors (Lipinski definition) is 3. The molecule has 26 heavy (non-hydrogen) atoms. The minimum absolute atomic E-state index is 0.0480. The number of rotatable bonds is 7. The van der Waals surface area contributed by atoms with Gasteiger partial charge in [-0.25, -0.2) is 12.8 Å². The zero-order chi connectivity index (χ0) is 19.3. The van der Waals surface area contributed by atoms with Gasteiger partial charge in [-0.3, -0.25) is 4.79 Å². The Kier molecular flexibility index (Phi) is 6.94. The molecule has 140 valence electrons. The van der Waals surface area contributed by atoms with Crippen molar-refractivity contribution >= 4 is 31.7 Å². The monoisotopic (exact) mass is 441 g/mol. The molecule has 0 atom stereocenters. The average molecular weight is 442 g/mol. The Hall–Kier alpha value is -1.73. The number of halogens is 2. The van der Waals surface area contributed by atoms with Crippen molar-refractivity contribution in [3.05, 3.63) is 63.9 Å². The minimum Gasteiger partial charge on any atom is -0.352 e. The number of sulfone groups is 1. The van der Waals surface area contributed by atoms with E-state index in [-0.39, 0.29) is 10.5 Å². The molecule has 0 heterocycles. The quantitative estimate of drug-likeness (QED) is 0.518. The molecule has 0 unspecified atom stereocenters. The van der Waals surface area contributed by atoms with Gasteiger partial charge in [-0.1, -0.05) is 28.1 Å². The normalized spacial score (nSPS) is 11.6. The Labute approximate surface area is 161 Å². The van der Waals surface area contributed by atoms with Crippen LogP contribution in [0.25, 0.3) is 0 Å². The lowest BCUT2D eigenvalue weighted by molar-refractivity contribution is 0.0949. The summed E-state index contributed by atoms with van der Waals surface area (Å²) >= 11 is 3.41. The molecule has 7 heteroatoms. The summed E-state index contributed by atoms with van der Waals surface area (Å²) < 4.78 is 39.4. The second kappa shape index (κ2) is 8.77. The van der Waals surface area contributed by atoms with E-state index >= 15 is 0 Å². The fourth-order valence-corrected chi connectivity index (χ4v) is 3.94. The predicted octanol–water partition coefficient (Wildman–Crippen LogP) is 4.13. The van der Waals surface area contributed by atoms with Gasteiger partial charge in [0, 0.05) is 11.0 Å². The van der Waals surface area contributed by atoms with Crippen LogP contribution in [-0.2, 0) is 16.3 Å². The smallest absolute Gasteiger partial charge is 0.254 e. The van der Waals surface area contributed by atoms with E-state index in [1.165, 1.54) is 6.07 Å². The fraction of sp³-hybridized carbons (Fsp3) is 0.316. The summed E-state index contributed by atoms with van der Waals surface area (Å²) in [5.74, 6) is -1.35. The largest absolute Gasteiger partial charge is 0.352 e. The molecule has 4 nitrogen and oxygen atoms in total. The Morgan fingerprint density at radius 2 is 1.92 bits per heavy atom. The molecule has 2 aromatic rings. The Morgan fingerprint density at radius 1 is 1.19 bits per heavy atom. The summed E-state index contributed by atoms with van der Waals surface area (Å²) in [6.45, 7) is 3.45. The Balaban J connectivity index is 2.01. The summed E-state index contributed by atoms with van der Waals surface area (Å²) in [4.78, 5) is 12.2. The lowest BCUT2D eigenvalue weighted by Gasteiger charge is -2.11. The van der Waals surface area contributed by atoms with Crippen LogP contribution in [0.4, 0.5) is 4.39 Å². The number of carbonyl (C=O) groups is 1. The molecule has 1 amide bonds. The Morgan fingerprint density at radius 3 is 2.58 bits per heavy atom. The standard InChI is InChI=1S/C19H21BrFNO3S/c1-13(2)26(24,25)16-8-9-18(21)17(12-16)19(23)22-10-4-6-14-5-3-7-15(20)11-14/h3,5,7-9,11-13H,4,6,10H2,1-2H3,(H,22,23). The van der Waals surface area contributed by atoms with Gasteiger partial charge in [-0.05, 0) is 62.6 Å². The maximum absolute atomic E-state index is 14.0. The second-order valence-corrected chi connectivity index (χ2v) is 9.64. The molecule has 0 radical (unpaired) electrons. The summed E-state index contributed by atoms with van der Waals surface area (Å²) in [5.41, 5.74) is 0.874. The SMILES string of the molecule is CC(C)S(=O)(=O)c1ccc(F)c(C(=O)NCCCc2cccc(Br)c2)c1. The zero-order valence-electron chi connectivity index (χ0n) is 14.6. The maximum Gasteiger partial charge on any atom is 0.254 e. The van der Waals surface area contributed by atoms with Crippen LogP contribution in [-0.4, -0.2) is 26.1 Å². The molecule has 0 saturated heterocycles. The molecule has 1 N–H and O–H groups in total. The highest BCUT2D eigenvalue weighted by molar-refractivity contribution is 9.10. The van der Waals surface area contributed by atoms with E-state index in [0.29, 0.717) is 13.0 Å². The van der Waals surface area contributed by atoms with E-state index in [2.05, 4.69) is 21.2 Å². The van der Waals surface area contributed by atoms with E-state index in [4.69, 9.17) is 0 Å². The highest BCUT2D eigenvalue weighted by atomic mass is 79.9. The molecule has 0 bridgehead atoms. The Bertz CT molecular complexity index is 897. The molecular formula is C19H21BrFNO3S. The van der Waals surface area contributed by atoms with Crippen molar-refractivity contribution in [2.24, 2.45) is 0 Å². The molecule has 0 fully saturated rings. The first-order valence-electron chi connectivity index (χ1n) is 8.28. The highest BCUT2D eigenvalue weighted by Crippen LogP contribution is 2.19. The number of aryl methyl sites for hydroxylation is 1. The van der Waals surface area contributed by atoms with Crippen LogP contribution < -0.4 is 5.32 Å². The molecule has 0 aromatic heterocycles. The average Bonchev–Trinajstić information content (AvgIpc) is 2.58. The molecule has 0 spiro atoms. The first-order chi connectivity index (χ1) is 12.2. The first kappa shape index (κ1) is 20.6. The van der Waals surface area contributed by atoms with E-state index < -0.39 is 26.8 Å². The lowest BCUT2D eigenvalue weighted by atomic mass is 10.1. The van der Waals surface area contributed by atoms with Gasteiger partial charge in [0.2, 0.25) is 0 Å². The van der Waals surface area contributed by atoms with Crippen molar-refractivity contribution in [1.82, 2.24) is 5.32 Å². The third-order valence-corrected chi connectivity index (χ3v) is 6.59. The number of hydrogen-bond donors (Lipinski definition) is 1. The van der Waals surface area contributed by atoms with Crippen molar-refractivity contribution in [1.29, 1.82) is 0 Å². The topological polar surface area (TPSA) is 63.2 Å². The number of carbonyl (C=O) groups excluding carboxylic acids is 1. The lowest BCUT2D eigenvalue weighted by Crippen LogP contribution is -2.26. The molecule has 0 aliphatic heterocycles. The van der Waals surface area contributed by atoms with Gasteiger partial charge < -0.3 is 5.32 Å². The van der Waals surface area contributed by atoms with Gasteiger partial charge in [-0.15, -0.1) is 0 Å². The predicted molar refractivity (Wildman–Crippen MR) is 104 cm³/mol.